The van der Waals surface area contributed by atoms with Crippen LogP contribution in [0.3, 0.4) is 0 Å². The number of carbonyl (C=O) groups excluding carboxylic acids is 1. The van der Waals surface area contributed by atoms with Crippen LogP contribution in [0.4, 0.5) is 0 Å². The molecular weight excluding hydrogens is 290 g/mol. The average Bonchev–Trinajstić information content (AvgIpc) is 2.96. The standard InChI is InChI=1S/C15H18BrNO/c1-9(13-4-2-3-5-14(13)16)17-15(18)12-7-10-6-11(10)8-12/h2-5,9-12H,6-8H2,1H3,(H,17,18)/t9-,10?,11?,12?/m1/s1. The molecule has 3 rings (SSSR count). The highest BCUT2D eigenvalue weighted by Crippen LogP contribution is 2.54. The molecule has 2 unspecified atom stereocenters. The van der Waals surface area contributed by atoms with Crippen LogP contribution in [0.1, 0.15) is 37.8 Å². The second-order valence-electron chi connectivity index (χ2n) is 5.68. The van der Waals surface area contributed by atoms with Gasteiger partial charge >= 0.3 is 0 Å². The molecule has 1 amide bonds. The number of carbonyl (C=O) groups is 1. The van der Waals surface area contributed by atoms with Crippen molar-refractivity contribution in [1.82, 2.24) is 5.32 Å². The zero-order chi connectivity index (χ0) is 12.7. The summed E-state index contributed by atoms with van der Waals surface area (Å²) in [4.78, 5) is 12.2. The summed E-state index contributed by atoms with van der Waals surface area (Å²) in [5, 5.41) is 3.15. The Morgan fingerprint density at radius 3 is 2.61 bits per heavy atom. The molecule has 2 aliphatic carbocycles. The Balaban J connectivity index is 1.62. The Kier molecular flexibility index (Phi) is 3.18. The molecule has 0 aromatic heterocycles. The number of nitrogens with one attached hydrogen (secondary N) is 1. The van der Waals surface area contributed by atoms with Crippen LogP contribution in [0.15, 0.2) is 28.7 Å². The van der Waals surface area contributed by atoms with Gasteiger partial charge in [0.2, 0.25) is 5.91 Å². The summed E-state index contributed by atoms with van der Waals surface area (Å²) in [5.41, 5.74) is 1.15. The average molecular weight is 308 g/mol. The van der Waals surface area contributed by atoms with E-state index < -0.39 is 0 Å². The van der Waals surface area contributed by atoms with Gasteiger partial charge in [-0.3, -0.25) is 4.79 Å². The topological polar surface area (TPSA) is 29.1 Å². The van der Waals surface area contributed by atoms with Crippen LogP contribution in [0.5, 0.6) is 0 Å². The van der Waals surface area contributed by atoms with Gasteiger partial charge in [0.25, 0.3) is 0 Å². The van der Waals surface area contributed by atoms with Crippen molar-refractivity contribution in [2.45, 2.75) is 32.2 Å². The van der Waals surface area contributed by atoms with E-state index in [1.54, 1.807) is 0 Å². The van der Waals surface area contributed by atoms with Gasteiger partial charge in [-0.15, -0.1) is 0 Å². The van der Waals surface area contributed by atoms with Crippen LogP contribution < -0.4 is 5.32 Å². The first-order valence-corrected chi connectivity index (χ1v) is 7.49. The Labute approximate surface area is 116 Å². The van der Waals surface area contributed by atoms with E-state index in [1.165, 1.54) is 6.42 Å². The van der Waals surface area contributed by atoms with E-state index in [2.05, 4.69) is 27.3 Å². The lowest BCUT2D eigenvalue weighted by Crippen LogP contribution is -2.32. The lowest BCUT2D eigenvalue weighted by atomic mass is 10.0. The van der Waals surface area contributed by atoms with Crippen LogP contribution in [-0.2, 0) is 4.79 Å². The fraction of sp³-hybridized carbons (Fsp3) is 0.533. The second-order valence-corrected chi connectivity index (χ2v) is 6.53. The predicted octanol–water partition coefficient (Wildman–Crippen LogP) is 3.67. The first-order chi connectivity index (χ1) is 8.65. The summed E-state index contributed by atoms with van der Waals surface area (Å²) in [6, 6.07) is 8.15. The molecular formula is C15H18BrNO. The highest BCUT2D eigenvalue weighted by atomic mass is 79.9. The smallest absolute Gasteiger partial charge is 0.223 e. The van der Waals surface area contributed by atoms with Crippen molar-refractivity contribution in [3.05, 3.63) is 34.3 Å². The molecule has 0 heterocycles. The Hall–Kier alpha value is -0.830. The maximum Gasteiger partial charge on any atom is 0.223 e. The fourth-order valence-electron chi connectivity index (χ4n) is 3.16. The molecule has 96 valence electrons. The minimum absolute atomic E-state index is 0.0741. The van der Waals surface area contributed by atoms with Crippen LogP contribution >= 0.6 is 15.9 Å². The zero-order valence-corrected chi connectivity index (χ0v) is 12.1. The Morgan fingerprint density at radius 1 is 1.28 bits per heavy atom. The lowest BCUT2D eigenvalue weighted by Gasteiger charge is -2.19. The molecule has 0 radical (unpaired) electrons. The quantitative estimate of drug-likeness (QED) is 0.907. The molecule has 0 spiro atoms. The normalized spacial score (nSPS) is 30.7. The molecule has 0 aliphatic heterocycles. The largest absolute Gasteiger partial charge is 0.349 e. The molecule has 1 aromatic rings. The van der Waals surface area contributed by atoms with Crippen molar-refractivity contribution in [1.29, 1.82) is 0 Å². The van der Waals surface area contributed by atoms with Crippen LogP contribution in [0.25, 0.3) is 0 Å². The monoisotopic (exact) mass is 307 g/mol. The van der Waals surface area contributed by atoms with Gasteiger partial charge in [-0.25, -0.2) is 0 Å². The molecule has 2 saturated carbocycles. The van der Waals surface area contributed by atoms with Gasteiger partial charge in [-0.1, -0.05) is 34.1 Å². The number of hydrogen-bond acceptors (Lipinski definition) is 1. The maximum absolute atomic E-state index is 12.2. The van der Waals surface area contributed by atoms with E-state index in [-0.39, 0.29) is 17.9 Å². The highest BCUT2D eigenvalue weighted by molar-refractivity contribution is 9.10. The number of fused-ring (bicyclic) bond motifs is 1. The molecule has 2 nitrogen and oxygen atoms in total. The van der Waals surface area contributed by atoms with Crippen molar-refractivity contribution >= 4 is 21.8 Å². The lowest BCUT2D eigenvalue weighted by molar-refractivity contribution is -0.125. The number of benzene rings is 1. The van der Waals surface area contributed by atoms with Gasteiger partial charge in [0.15, 0.2) is 0 Å². The predicted molar refractivity (Wildman–Crippen MR) is 75.0 cm³/mol. The third-order valence-corrected chi connectivity index (χ3v) is 5.07. The highest BCUT2D eigenvalue weighted by Gasteiger charge is 2.48. The number of halogens is 1. The van der Waals surface area contributed by atoms with Gasteiger partial charge in [0.1, 0.15) is 0 Å². The van der Waals surface area contributed by atoms with Crippen molar-refractivity contribution in [3.63, 3.8) is 0 Å². The summed E-state index contributed by atoms with van der Waals surface area (Å²) in [6.07, 6.45) is 3.59. The van der Waals surface area contributed by atoms with Crippen molar-refractivity contribution in [3.8, 4) is 0 Å². The van der Waals surface area contributed by atoms with Gasteiger partial charge in [0.05, 0.1) is 6.04 Å². The van der Waals surface area contributed by atoms with Crippen molar-refractivity contribution < 1.29 is 4.79 Å². The summed E-state index contributed by atoms with van der Waals surface area (Å²) >= 11 is 3.54. The third kappa shape index (κ3) is 2.33. The number of amides is 1. The van der Waals surface area contributed by atoms with Gasteiger partial charge in [-0.05, 0) is 49.7 Å². The van der Waals surface area contributed by atoms with E-state index in [1.807, 2.05) is 25.1 Å². The zero-order valence-electron chi connectivity index (χ0n) is 10.5. The van der Waals surface area contributed by atoms with Gasteiger partial charge in [0, 0.05) is 10.4 Å². The molecule has 2 aliphatic rings. The van der Waals surface area contributed by atoms with E-state index >= 15 is 0 Å². The molecule has 3 atom stereocenters. The molecule has 18 heavy (non-hydrogen) atoms. The van der Waals surface area contributed by atoms with Crippen molar-refractivity contribution in [2.75, 3.05) is 0 Å². The summed E-state index contributed by atoms with van der Waals surface area (Å²) in [7, 11) is 0. The summed E-state index contributed by atoms with van der Waals surface area (Å²) in [5.74, 6) is 2.23. The molecule has 1 aromatic carbocycles. The summed E-state index contributed by atoms with van der Waals surface area (Å²) in [6.45, 7) is 2.05. The number of hydrogen-bond donors (Lipinski definition) is 1. The molecule has 2 fully saturated rings. The summed E-state index contributed by atoms with van der Waals surface area (Å²) < 4.78 is 1.06. The minimum atomic E-state index is 0.0741. The fourth-order valence-corrected chi connectivity index (χ4v) is 3.79. The van der Waals surface area contributed by atoms with Crippen LogP contribution in [0.2, 0.25) is 0 Å². The maximum atomic E-state index is 12.2. The second kappa shape index (κ2) is 4.69. The molecule has 1 N–H and O–H groups in total. The van der Waals surface area contributed by atoms with E-state index in [9.17, 15) is 4.79 Å². The van der Waals surface area contributed by atoms with Gasteiger partial charge < -0.3 is 5.32 Å². The Morgan fingerprint density at radius 2 is 1.94 bits per heavy atom. The Bertz CT molecular complexity index is 463. The first kappa shape index (κ1) is 12.2. The molecule has 0 saturated heterocycles. The number of rotatable bonds is 3. The SMILES string of the molecule is C[C@@H](NC(=O)C1CC2CC2C1)c1ccccc1Br. The van der Waals surface area contributed by atoms with E-state index in [4.69, 9.17) is 0 Å². The third-order valence-electron chi connectivity index (χ3n) is 4.34. The van der Waals surface area contributed by atoms with Crippen LogP contribution in [0, 0.1) is 17.8 Å². The first-order valence-electron chi connectivity index (χ1n) is 6.70. The minimum Gasteiger partial charge on any atom is -0.349 e. The van der Waals surface area contributed by atoms with E-state index in [0.717, 1.165) is 34.7 Å². The molecule has 3 heteroatoms. The molecule has 0 bridgehead atoms. The van der Waals surface area contributed by atoms with Crippen LogP contribution in [-0.4, -0.2) is 5.91 Å². The van der Waals surface area contributed by atoms with Crippen molar-refractivity contribution in [2.24, 2.45) is 17.8 Å². The van der Waals surface area contributed by atoms with Gasteiger partial charge in [-0.2, -0.15) is 0 Å². The van der Waals surface area contributed by atoms with E-state index in [0.29, 0.717) is 0 Å².